The Kier molecular flexibility index (Phi) is 5.30. The highest BCUT2D eigenvalue weighted by atomic mass is 35.5. The number of methoxy groups -OCH3 is 1. The number of carbonyl (C=O) groups is 1. The van der Waals surface area contributed by atoms with E-state index < -0.39 is 0 Å². The lowest BCUT2D eigenvalue weighted by Gasteiger charge is -2.16. The minimum absolute atomic E-state index is 0.186. The second kappa shape index (κ2) is 7.19. The number of esters is 1. The summed E-state index contributed by atoms with van der Waals surface area (Å²) in [5.41, 5.74) is 0.800. The molecule has 21 heavy (non-hydrogen) atoms. The minimum Gasteiger partial charge on any atom is -0.468 e. The summed E-state index contributed by atoms with van der Waals surface area (Å²) in [4.78, 5) is 13.1. The summed E-state index contributed by atoms with van der Waals surface area (Å²) in [7, 11) is 1.36. The van der Waals surface area contributed by atoms with Gasteiger partial charge in [-0.2, -0.15) is 0 Å². The van der Waals surface area contributed by atoms with Gasteiger partial charge >= 0.3 is 5.97 Å². The van der Waals surface area contributed by atoms with Crippen molar-refractivity contribution >= 4 is 17.6 Å². The molecule has 2 aromatic rings. The Morgan fingerprint density at radius 3 is 2.67 bits per heavy atom. The van der Waals surface area contributed by atoms with Crippen molar-refractivity contribution < 1.29 is 13.9 Å². The van der Waals surface area contributed by atoms with Crippen LogP contribution in [0.15, 0.2) is 28.7 Å². The van der Waals surface area contributed by atoms with Crippen molar-refractivity contribution in [2.24, 2.45) is 0 Å². The molecule has 6 nitrogen and oxygen atoms in total. The van der Waals surface area contributed by atoms with E-state index in [0.29, 0.717) is 29.9 Å². The predicted molar refractivity (Wildman–Crippen MR) is 77.7 cm³/mol. The molecule has 0 spiro atoms. The molecule has 0 amide bonds. The van der Waals surface area contributed by atoms with Crippen molar-refractivity contribution in [2.75, 3.05) is 20.2 Å². The number of benzene rings is 1. The topological polar surface area (TPSA) is 68.5 Å². The predicted octanol–water partition coefficient (Wildman–Crippen LogP) is 2.38. The Balaban J connectivity index is 2.05. The molecular weight excluding hydrogens is 294 g/mol. The van der Waals surface area contributed by atoms with Crippen LogP contribution in [0.25, 0.3) is 11.5 Å². The second-order valence-corrected chi connectivity index (χ2v) is 4.82. The van der Waals surface area contributed by atoms with Gasteiger partial charge in [0.15, 0.2) is 0 Å². The molecule has 0 unspecified atom stereocenters. The average Bonchev–Trinajstić information content (AvgIpc) is 2.95. The molecule has 1 aromatic heterocycles. The van der Waals surface area contributed by atoms with E-state index in [9.17, 15) is 4.79 Å². The summed E-state index contributed by atoms with van der Waals surface area (Å²) in [6.45, 7) is 3.20. The quantitative estimate of drug-likeness (QED) is 0.763. The van der Waals surface area contributed by atoms with E-state index in [-0.39, 0.29) is 12.5 Å². The number of carbonyl (C=O) groups excluding carboxylic acids is 1. The first-order valence-electron chi connectivity index (χ1n) is 6.50. The highest BCUT2D eigenvalue weighted by Gasteiger charge is 2.14. The SMILES string of the molecule is CCN(CC(=O)OC)Cc1nnc(-c2ccc(Cl)cc2)o1. The normalized spacial score (nSPS) is 10.9. The van der Waals surface area contributed by atoms with Crippen LogP contribution in [0.4, 0.5) is 0 Å². The van der Waals surface area contributed by atoms with E-state index in [1.165, 1.54) is 7.11 Å². The summed E-state index contributed by atoms with van der Waals surface area (Å²) in [6, 6.07) is 7.14. The highest BCUT2D eigenvalue weighted by molar-refractivity contribution is 6.30. The third-order valence-electron chi connectivity index (χ3n) is 2.94. The van der Waals surface area contributed by atoms with E-state index in [1.807, 2.05) is 24.0 Å². The van der Waals surface area contributed by atoms with Gasteiger partial charge < -0.3 is 9.15 Å². The van der Waals surface area contributed by atoms with Crippen LogP contribution in [0, 0.1) is 0 Å². The van der Waals surface area contributed by atoms with E-state index in [1.54, 1.807) is 12.1 Å². The third kappa shape index (κ3) is 4.27. The van der Waals surface area contributed by atoms with Gasteiger partial charge in [0.05, 0.1) is 20.2 Å². The summed E-state index contributed by atoms with van der Waals surface area (Å²) >= 11 is 5.84. The fourth-order valence-corrected chi connectivity index (χ4v) is 1.87. The zero-order valence-electron chi connectivity index (χ0n) is 11.9. The molecular formula is C14H16ClN3O3. The monoisotopic (exact) mass is 309 g/mol. The van der Waals surface area contributed by atoms with E-state index >= 15 is 0 Å². The van der Waals surface area contributed by atoms with Crippen molar-refractivity contribution in [3.05, 3.63) is 35.2 Å². The Bertz CT molecular complexity index is 598. The molecule has 0 aliphatic rings. The number of likely N-dealkylation sites (N-methyl/N-ethyl adjacent to an activating group) is 1. The number of halogens is 1. The zero-order valence-corrected chi connectivity index (χ0v) is 12.6. The first-order chi connectivity index (χ1) is 10.1. The van der Waals surface area contributed by atoms with Crippen molar-refractivity contribution in [2.45, 2.75) is 13.5 Å². The van der Waals surface area contributed by atoms with Crippen LogP contribution in [0.3, 0.4) is 0 Å². The van der Waals surface area contributed by atoms with E-state index in [4.69, 9.17) is 16.0 Å². The van der Waals surface area contributed by atoms with Crippen molar-refractivity contribution in [3.8, 4) is 11.5 Å². The molecule has 0 bridgehead atoms. The smallest absolute Gasteiger partial charge is 0.319 e. The van der Waals surface area contributed by atoms with Crippen LogP contribution in [0.1, 0.15) is 12.8 Å². The number of rotatable bonds is 6. The molecule has 1 heterocycles. The van der Waals surface area contributed by atoms with Gasteiger partial charge in [0.2, 0.25) is 11.8 Å². The fraction of sp³-hybridized carbons (Fsp3) is 0.357. The van der Waals surface area contributed by atoms with Crippen LogP contribution in [0.5, 0.6) is 0 Å². The van der Waals surface area contributed by atoms with E-state index in [0.717, 1.165) is 5.56 Å². The van der Waals surface area contributed by atoms with Gasteiger partial charge in [-0.15, -0.1) is 10.2 Å². The van der Waals surface area contributed by atoms with Gasteiger partial charge in [-0.25, -0.2) is 0 Å². The molecule has 0 aliphatic heterocycles. The van der Waals surface area contributed by atoms with Crippen molar-refractivity contribution in [1.29, 1.82) is 0 Å². The van der Waals surface area contributed by atoms with Gasteiger partial charge in [-0.05, 0) is 30.8 Å². The van der Waals surface area contributed by atoms with Crippen LogP contribution < -0.4 is 0 Å². The maximum absolute atomic E-state index is 11.3. The number of hydrogen-bond donors (Lipinski definition) is 0. The molecule has 0 aliphatic carbocycles. The summed E-state index contributed by atoms with van der Waals surface area (Å²) in [6.07, 6.45) is 0. The number of hydrogen-bond acceptors (Lipinski definition) is 6. The molecule has 0 saturated carbocycles. The highest BCUT2D eigenvalue weighted by Crippen LogP contribution is 2.20. The standard InChI is InChI=1S/C14H16ClN3O3/c1-3-18(9-13(19)20-2)8-12-16-17-14(21-12)10-4-6-11(15)7-5-10/h4-7H,3,8-9H2,1-2H3. The van der Waals surface area contributed by atoms with Gasteiger partial charge in [0.1, 0.15) is 0 Å². The van der Waals surface area contributed by atoms with E-state index in [2.05, 4.69) is 14.9 Å². The molecule has 0 radical (unpaired) electrons. The van der Waals surface area contributed by atoms with Crippen LogP contribution in [-0.2, 0) is 16.1 Å². The average molecular weight is 310 g/mol. The maximum Gasteiger partial charge on any atom is 0.319 e. The lowest BCUT2D eigenvalue weighted by molar-refractivity contribution is -0.142. The Morgan fingerprint density at radius 2 is 2.05 bits per heavy atom. The first-order valence-corrected chi connectivity index (χ1v) is 6.87. The summed E-state index contributed by atoms with van der Waals surface area (Å²) in [5.74, 6) is 0.579. The van der Waals surface area contributed by atoms with Crippen molar-refractivity contribution in [1.82, 2.24) is 15.1 Å². The van der Waals surface area contributed by atoms with Crippen LogP contribution in [-0.4, -0.2) is 41.3 Å². The van der Waals surface area contributed by atoms with Crippen molar-refractivity contribution in [3.63, 3.8) is 0 Å². The maximum atomic E-state index is 11.3. The van der Waals surface area contributed by atoms with Crippen LogP contribution >= 0.6 is 11.6 Å². The molecule has 2 rings (SSSR count). The second-order valence-electron chi connectivity index (χ2n) is 4.39. The Hall–Kier alpha value is -1.92. The molecule has 0 atom stereocenters. The minimum atomic E-state index is -0.297. The molecule has 0 saturated heterocycles. The first kappa shape index (κ1) is 15.5. The zero-order chi connectivity index (χ0) is 15.2. The van der Waals surface area contributed by atoms with Gasteiger partial charge in [-0.1, -0.05) is 18.5 Å². The lowest BCUT2D eigenvalue weighted by Crippen LogP contribution is -2.30. The summed E-state index contributed by atoms with van der Waals surface area (Å²) < 4.78 is 10.2. The molecule has 0 N–H and O–H groups in total. The third-order valence-corrected chi connectivity index (χ3v) is 3.20. The van der Waals surface area contributed by atoms with Gasteiger partial charge in [0, 0.05) is 10.6 Å². The van der Waals surface area contributed by atoms with Gasteiger partial charge in [0.25, 0.3) is 0 Å². The number of nitrogens with zero attached hydrogens (tertiary/aromatic N) is 3. The molecule has 0 fully saturated rings. The number of aromatic nitrogens is 2. The summed E-state index contributed by atoms with van der Waals surface area (Å²) in [5, 5.41) is 8.64. The molecule has 1 aromatic carbocycles. The molecule has 112 valence electrons. The van der Waals surface area contributed by atoms with Crippen LogP contribution in [0.2, 0.25) is 5.02 Å². The molecule has 7 heteroatoms. The lowest BCUT2D eigenvalue weighted by atomic mass is 10.2. The fourth-order valence-electron chi connectivity index (χ4n) is 1.74. The number of ether oxygens (including phenoxy) is 1. The Morgan fingerprint density at radius 1 is 1.33 bits per heavy atom. The largest absolute Gasteiger partial charge is 0.468 e. The van der Waals surface area contributed by atoms with Gasteiger partial charge in [-0.3, -0.25) is 9.69 Å². The Labute approximate surface area is 127 Å².